The van der Waals surface area contributed by atoms with Crippen LogP contribution in [0.4, 0.5) is 5.13 Å². The fourth-order valence-corrected chi connectivity index (χ4v) is 4.09. The predicted octanol–water partition coefficient (Wildman–Crippen LogP) is 3.25. The number of methoxy groups -OCH3 is 1. The molecule has 150 valence electrons. The molecule has 3 rings (SSSR count). The average Bonchev–Trinajstić information content (AvgIpc) is 3.23. The number of aryl methyl sites for hydroxylation is 3. The number of rotatable bonds is 7. The summed E-state index contributed by atoms with van der Waals surface area (Å²) in [4.78, 5) is 21.9. The van der Waals surface area contributed by atoms with E-state index in [4.69, 9.17) is 9.72 Å². The van der Waals surface area contributed by atoms with Gasteiger partial charge in [-0.3, -0.25) is 14.4 Å². The summed E-state index contributed by atoms with van der Waals surface area (Å²) in [5.74, 6) is 0.593. The van der Waals surface area contributed by atoms with Gasteiger partial charge >= 0.3 is 0 Å². The molecule has 28 heavy (non-hydrogen) atoms. The number of fused-ring (bicyclic) bond motifs is 1. The van der Waals surface area contributed by atoms with Crippen molar-refractivity contribution in [3.63, 3.8) is 0 Å². The number of thiazole rings is 1. The number of benzene rings is 1. The normalized spacial score (nSPS) is 11.4. The first-order valence-electron chi connectivity index (χ1n) is 9.23. The molecule has 1 aromatic carbocycles. The molecule has 0 aliphatic carbocycles. The van der Waals surface area contributed by atoms with Crippen molar-refractivity contribution in [2.75, 3.05) is 39.2 Å². The quantitative estimate of drug-likeness (QED) is 0.608. The molecule has 0 unspecified atom stereocenters. The highest BCUT2D eigenvalue weighted by Crippen LogP contribution is 2.36. The maximum absolute atomic E-state index is 13.3. The second-order valence-electron chi connectivity index (χ2n) is 7.17. The summed E-state index contributed by atoms with van der Waals surface area (Å²) in [6, 6.07) is 5.76. The largest absolute Gasteiger partial charge is 0.494 e. The van der Waals surface area contributed by atoms with Crippen LogP contribution in [0.25, 0.3) is 10.2 Å². The molecule has 8 heteroatoms. The highest BCUT2D eigenvalue weighted by atomic mass is 32.1. The molecule has 1 amide bonds. The molecule has 0 spiro atoms. The van der Waals surface area contributed by atoms with Crippen LogP contribution in [0, 0.1) is 13.8 Å². The number of aromatic nitrogens is 3. The van der Waals surface area contributed by atoms with Crippen LogP contribution < -0.4 is 9.64 Å². The fourth-order valence-electron chi connectivity index (χ4n) is 3.01. The second kappa shape index (κ2) is 8.28. The van der Waals surface area contributed by atoms with Crippen LogP contribution in [0.5, 0.6) is 5.75 Å². The highest BCUT2D eigenvalue weighted by Gasteiger charge is 2.24. The topological polar surface area (TPSA) is 63.5 Å². The third-order valence-electron chi connectivity index (χ3n) is 4.71. The van der Waals surface area contributed by atoms with Crippen molar-refractivity contribution in [2.24, 2.45) is 7.05 Å². The maximum Gasteiger partial charge on any atom is 0.280 e. The van der Waals surface area contributed by atoms with Crippen LogP contribution in [0.1, 0.15) is 28.2 Å². The Kier molecular flexibility index (Phi) is 6.00. The molecule has 0 aliphatic rings. The van der Waals surface area contributed by atoms with E-state index >= 15 is 0 Å². The van der Waals surface area contributed by atoms with Crippen molar-refractivity contribution in [3.05, 3.63) is 35.2 Å². The van der Waals surface area contributed by atoms with Gasteiger partial charge in [0.25, 0.3) is 5.91 Å². The summed E-state index contributed by atoms with van der Waals surface area (Å²) < 4.78 is 8.23. The van der Waals surface area contributed by atoms with Gasteiger partial charge in [-0.2, -0.15) is 5.10 Å². The lowest BCUT2D eigenvalue weighted by Gasteiger charge is -2.20. The molecule has 0 fully saturated rings. The van der Waals surface area contributed by atoms with E-state index in [2.05, 4.69) is 10.00 Å². The molecule has 0 radical (unpaired) electrons. The Balaban J connectivity index is 2.01. The lowest BCUT2D eigenvalue weighted by molar-refractivity contribution is 0.0980. The van der Waals surface area contributed by atoms with Crippen LogP contribution >= 0.6 is 11.3 Å². The van der Waals surface area contributed by atoms with Gasteiger partial charge in [0.15, 0.2) is 10.8 Å². The lowest BCUT2D eigenvalue weighted by atomic mass is 10.2. The number of carbonyl (C=O) groups excluding carboxylic acids is 1. The van der Waals surface area contributed by atoms with E-state index < -0.39 is 0 Å². The predicted molar refractivity (Wildman–Crippen MR) is 114 cm³/mol. The van der Waals surface area contributed by atoms with Gasteiger partial charge in [0.1, 0.15) is 11.3 Å². The molecular weight excluding hydrogens is 374 g/mol. The average molecular weight is 402 g/mol. The molecule has 3 aromatic rings. The zero-order valence-corrected chi connectivity index (χ0v) is 18.1. The van der Waals surface area contributed by atoms with E-state index in [0.29, 0.717) is 17.4 Å². The van der Waals surface area contributed by atoms with Gasteiger partial charge < -0.3 is 9.64 Å². The summed E-state index contributed by atoms with van der Waals surface area (Å²) in [6.07, 6.45) is 0.844. The zero-order valence-electron chi connectivity index (χ0n) is 17.3. The van der Waals surface area contributed by atoms with Crippen molar-refractivity contribution in [1.82, 2.24) is 19.7 Å². The van der Waals surface area contributed by atoms with Gasteiger partial charge in [0.2, 0.25) is 0 Å². The summed E-state index contributed by atoms with van der Waals surface area (Å²) in [5.41, 5.74) is 3.30. The van der Waals surface area contributed by atoms with Crippen LogP contribution in [0.2, 0.25) is 0 Å². The Hall–Kier alpha value is -2.45. The summed E-state index contributed by atoms with van der Waals surface area (Å²) in [6.45, 7) is 5.45. The maximum atomic E-state index is 13.3. The molecule has 2 heterocycles. The molecule has 0 saturated heterocycles. The van der Waals surface area contributed by atoms with Gasteiger partial charge in [0, 0.05) is 19.3 Å². The monoisotopic (exact) mass is 401 g/mol. The van der Waals surface area contributed by atoms with E-state index in [1.54, 1.807) is 16.7 Å². The van der Waals surface area contributed by atoms with Gasteiger partial charge in [-0.1, -0.05) is 17.4 Å². The second-order valence-corrected chi connectivity index (χ2v) is 8.14. The molecule has 0 N–H and O–H groups in total. The zero-order chi connectivity index (χ0) is 20.4. The van der Waals surface area contributed by atoms with Crippen LogP contribution in [0.3, 0.4) is 0 Å². The van der Waals surface area contributed by atoms with E-state index in [9.17, 15) is 4.79 Å². The molecule has 0 bridgehead atoms. The first-order valence-corrected chi connectivity index (χ1v) is 10.0. The van der Waals surface area contributed by atoms with Gasteiger partial charge in [-0.05, 0) is 58.6 Å². The lowest BCUT2D eigenvalue weighted by Crippen LogP contribution is -2.33. The third-order valence-corrected chi connectivity index (χ3v) is 5.92. The number of nitrogens with zero attached hydrogens (tertiary/aromatic N) is 5. The molecule has 0 atom stereocenters. The fraction of sp³-hybridized carbons (Fsp3) is 0.450. The minimum absolute atomic E-state index is 0.127. The van der Waals surface area contributed by atoms with Crippen LogP contribution in [-0.2, 0) is 7.05 Å². The molecular formula is C20H27N5O2S. The minimum Gasteiger partial charge on any atom is -0.494 e. The Morgan fingerprint density at radius 2 is 2.00 bits per heavy atom. The van der Waals surface area contributed by atoms with Gasteiger partial charge in [-0.25, -0.2) is 4.98 Å². The van der Waals surface area contributed by atoms with E-state index in [-0.39, 0.29) is 5.91 Å². The number of anilines is 1. The van der Waals surface area contributed by atoms with Crippen molar-refractivity contribution >= 4 is 32.6 Å². The Labute approximate surface area is 169 Å². The Morgan fingerprint density at radius 1 is 1.25 bits per heavy atom. The van der Waals surface area contributed by atoms with Crippen LogP contribution in [0.15, 0.2) is 18.2 Å². The molecule has 7 nitrogen and oxygen atoms in total. The molecule has 0 saturated carbocycles. The third kappa shape index (κ3) is 4.02. The van der Waals surface area contributed by atoms with Crippen molar-refractivity contribution in [1.29, 1.82) is 0 Å². The smallest absolute Gasteiger partial charge is 0.280 e. The molecule has 0 aliphatic heterocycles. The van der Waals surface area contributed by atoms with Gasteiger partial charge in [-0.15, -0.1) is 0 Å². The number of ether oxygens (including phenoxy) is 1. The van der Waals surface area contributed by atoms with Crippen molar-refractivity contribution in [3.8, 4) is 5.75 Å². The van der Waals surface area contributed by atoms with E-state index in [0.717, 1.165) is 40.2 Å². The summed E-state index contributed by atoms with van der Waals surface area (Å²) in [5, 5.41) is 5.05. The number of hydrogen-bond donors (Lipinski definition) is 0. The molecule has 2 aromatic heterocycles. The SMILES string of the molecule is COc1ccc(C)c2sc(N(CCCN(C)C)C(=O)c3cc(C)n(C)n3)nc12. The Morgan fingerprint density at radius 3 is 2.61 bits per heavy atom. The standard InChI is InChI=1S/C20H27N5O2S/c1-13-8-9-16(27-6)17-18(13)28-20(21-17)25(11-7-10-23(3)4)19(26)15-12-14(2)24(5)22-15/h8-9,12H,7,10-11H2,1-6H3. The summed E-state index contributed by atoms with van der Waals surface area (Å²) >= 11 is 1.52. The highest BCUT2D eigenvalue weighted by molar-refractivity contribution is 7.22. The Bertz CT molecular complexity index is 973. The van der Waals surface area contributed by atoms with E-state index in [1.165, 1.54) is 11.3 Å². The van der Waals surface area contributed by atoms with Gasteiger partial charge in [0.05, 0.1) is 11.8 Å². The summed E-state index contributed by atoms with van der Waals surface area (Å²) in [7, 11) is 7.54. The first kappa shape index (κ1) is 20.3. The number of carbonyl (C=O) groups is 1. The van der Waals surface area contributed by atoms with E-state index in [1.807, 2.05) is 53.2 Å². The first-order chi connectivity index (χ1) is 13.3. The minimum atomic E-state index is -0.127. The van der Waals surface area contributed by atoms with Crippen LogP contribution in [-0.4, -0.2) is 59.9 Å². The van der Waals surface area contributed by atoms with Crippen molar-refractivity contribution in [2.45, 2.75) is 20.3 Å². The van der Waals surface area contributed by atoms with Crippen molar-refractivity contribution < 1.29 is 9.53 Å². The number of hydrogen-bond acceptors (Lipinski definition) is 6. The number of amides is 1.